The van der Waals surface area contributed by atoms with E-state index in [0.29, 0.717) is 11.1 Å². The summed E-state index contributed by atoms with van der Waals surface area (Å²) in [4.78, 5) is 23.7. The largest absolute Gasteiger partial charge is 0.497 e. The number of carbonyl (C=O) groups is 2. The number of esters is 1. The number of methoxy groups -OCH3 is 1. The van der Waals surface area contributed by atoms with Crippen LogP contribution in [0.5, 0.6) is 5.75 Å². The molecule has 1 unspecified atom stereocenters. The number of aryl methyl sites for hydroxylation is 1. The zero-order chi connectivity index (χ0) is 17.1. The van der Waals surface area contributed by atoms with Crippen molar-refractivity contribution in [3.8, 4) is 5.75 Å². The van der Waals surface area contributed by atoms with Crippen molar-refractivity contribution >= 4 is 22.7 Å². The predicted molar refractivity (Wildman–Crippen MR) is 86.9 cm³/mol. The molecule has 0 amide bonds. The lowest BCUT2D eigenvalue weighted by atomic mass is 10.00. The molecule has 5 nitrogen and oxygen atoms in total. The first-order valence-corrected chi connectivity index (χ1v) is 7.01. The fourth-order valence-corrected chi connectivity index (χ4v) is 2.33. The smallest absolute Gasteiger partial charge is 0.349 e. The second kappa shape index (κ2) is 6.52. The average molecular weight is 314 g/mol. The van der Waals surface area contributed by atoms with E-state index in [0.717, 1.165) is 10.9 Å². The number of fused-ring (bicyclic) bond motifs is 1. The molecule has 5 heteroatoms. The third-order valence-electron chi connectivity index (χ3n) is 3.54. The molecule has 0 spiro atoms. The predicted octanol–water partition coefficient (Wildman–Crippen LogP) is 3.34. The Balaban J connectivity index is 2.53. The molecule has 0 aliphatic rings. The number of hydrogen-bond donors (Lipinski definition) is 1. The summed E-state index contributed by atoms with van der Waals surface area (Å²) in [7, 11) is 1.50. The molecular formula is C18H18O5. The van der Waals surface area contributed by atoms with Crippen LogP contribution in [0.25, 0.3) is 10.8 Å². The van der Waals surface area contributed by atoms with Crippen LogP contribution in [-0.2, 0) is 9.53 Å². The van der Waals surface area contributed by atoms with E-state index in [-0.39, 0.29) is 11.1 Å². The van der Waals surface area contributed by atoms with Gasteiger partial charge in [-0.15, -0.1) is 0 Å². The second-order valence-electron chi connectivity index (χ2n) is 5.31. The Morgan fingerprint density at radius 1 is 1.22 bits per heavy atom. The van der Waals surface area contributed by atoms with E-state index in [1.54, 1.807) is 12.1 Å². The van der Waals surface area contributed by atoms with Gasteiger partial charge in [-0.25, -0.2) is 9.59 Å². The van der Waals surface area contributed by atoms with Gasteiger partial charge < -0.3 is 14.6 Å². The summed E-state index contributed by atoms with van der Waals surface area (Å²) >= 11 is 0. The van der Waals surface area contributed by atoms with Gasteiger partial charge in [-0.2, -0.15) is 0 Å². The van der Waals surface area contributed by atoms with Crippen molar-refractivity contribution in [2.45, 2.75) is 20.0 Å². The molecule has 0 aliphatic carbocycles. The summed E-state index contributed by atoms with van der Waals surface area (Å²) in [6.45, 7) is 6.97. The van der Waals surface area contributed by atoms with E-state index in [1.165, 1.54) is 14.0 Å². The minimum atomic E-state index is -1.38. The lowest BCUT2D eigenvalue weighted by Crippen LogP contribution is -2.28. The molecule has 2 rings (SSSR count). The summed E-state index contributed by atoms with van der Waals surface area (Å²) in [5.41, 5.74) is 1.48. The van der Waals surface area contributed by atoms with E-state index in [2.05, 4.69) is 6.58 Å². The topological polar surface area (TPSA) is 72.8 Å². The first-order chi connectivity index (χ1) is 10.8. The van der Waals surface area contributed by atoms with Crippen LogP contribution in [0.1, 0.15) is 22.8 Å². The molecule has 0 fully saturated rings. The Bertz CT molecular complexity index is 777. The fraction of sp³-hybridized carbons (Fsp3) is 0.222. The van der Waals surface area contributed by atoms with E-state index in [9.17, 15) is 9.59 Å². The van der Waals surface area contributed by atoms with Gasteiger partial charge >= 0.3 is 11.9 Å². The third-order valence-corrected chi connectivity index (χ3v) is 3.54. The van der Waals surface area contributed by atoms with Crippen LogP contribution in [0.4, 0.5) is 0 Å². The van der Waals surface area contributed by atoms with E-state index in [4.69, 9.17) is 14.6 Å². The number of aliphatic carboxylic acids is 1. The van der Waals surface area contributed by atoms with Crippen molar-refractivity contribution < 1.29 is 24.2 Å². The Kier molecular flexibility index (Phi) is 4.69. The van der Waals surface area contributed by atoms with E-state index in [1.807, 2.05) is 25.1 Å². The van der Waals surface area contributed by atoms with Crippen LogP contribution in [0.3, 0.4) is 0 Å². The highest BCUT2D eigenvalue weighted by atomic mass is 16.6. The monoisotopic (exact) mass is 314 g/mol. The molecule has 0 aliphatic heterocycles. The molecule has 23 heavy (non-hydrogen) atoms. The SMILES string of the molecule is C=C(C)C(OC(=O)c1cc(OC)cc2c(C)cccc12)C(=O)O. The first kappa shape index (κ1) is 16.5. The molecule has 1 N–H and O–H groups in total. The normalized spacial score (nSPS) is 11.8. The van der Waals surface area contributed by atoms with E-state index >= 15 is 0 Å². The van der Waals surface area contributed by atoms with Gasteiger partial charge in [0.05, 0.1) is 12.7 Å². The molecule has 0 aromatic heterocycles. The molecule has 2 aromatic carbocycles. The van der Waals surface area contributed by atoms with Crippen molar-refractivity contribution in [3.63, 3.8) is 0 Å². The van der Waals surface area contributed by atoms with Gasteiger partial charge in [-0.1, -0.05) is 24.8 Å². The lowest BCUT2D eigenvalue weighted by molar-refractivity contribution is -0.145. The number of carboxylic acid groups (broad SMARTS) is 1. The molecule has 2 aromatic rings. The molecule has 120 valence electrons. The summed E-state index contributed by atoms with van der Waals surface area (Å²) in [5.74, 6) is -1.48. The summed E-state index contributed by atoms with van der Waals surface area (Å²) in [6.07, 6.45) is -1.38. The number of hydrogen-bond acceptors (Lipinski definition) is 4. The highest BCUT2D eigenvalue weighted by Gasteiger charge is 2.25. The van der Waals surface area contributed by atoms with Crippen LogP contribution < -0.4 is 4.74 Å². The summed E-state index contributed by atoms with van der Waals surface area (Å²) in [6, 6.07) is 8.91. The van der Waals surface area contributed by atoms with Gasteiger partial charge in [-0.05, 0) is 47.9 Å². The van der Waals surface area contributed by atoms with Gasteiger partial charge in [0.2, 0.25) is 6.10 Å². The molecule has 0 heterocycles. The standard InChI is InChI=1S/C18H18O5/c1-10(2)16(17(19)20)23-18(21)15-9-12(22-4)8-14-11(3)6-5-7-13(14)15/h5-9,16H,1H2,2-4H3,(H,19,20). The van der Waals surface area contributed by atoms with Crippen LogP contribution in [-0.4, -0.2) is 30.3 Å². The number of carboxylic acids is 1. The zero-order valence-electron chi connectivity index (χ0n) is 13.3. The molecule has 1 atom stereocenters. The highest BCUT2D eigenvalue weighted by Crippen LogP contribution is 2.28. The molecule has 0 bridgehead atoms. The molecular weight excluding hydrogens is 296 g/mol. The maximum atomic E-state index is 12.5. The van der Waals surface area contributed by atoms with Gasteiger partial charge in [0, 0.05) is 0 Å². The van der Waals surface area contributed by atoms with Crippen molar-refractivity contribution in [2.75, 3.05) is 7.11 Å². The van der Waals surface area contributed by atoms with Gasteiger partial charge in [0.15, 0.2) is 0 Å². The molecule has 0 saturated heterocycles. The van der Waals surface area contributed by atoms with Crippen LogP contribution in [0, 0.1) is 6.92 Å². The van der Waals surface area contributed by atoms with Gasteiger partial charge in [-0.3, -0.25) is 0 Å². The second-order valence-corrected chi connectivity index (χ2v) is 5.31. The minimum absolute atomic E-state index is 0.245. The lowest BCUT2D eigenvalue weighted by Gasteiger charge is -2.15. The molecule has 0 radical (unpaired) electrons. The number of carbonyl (C=O) groups excluding carboxylic acids is 1. The van der Waals surface area contributed by atoms with Crippen LogP contribution in [0.15, 0.2) is 42.5 Å². The average Bonchev–Trinajstić information content (AvgIpc) is 2.51. The Morgan fingerprint density at radius 2 is 1.91 bits per heavy atom. The number of benzene rings is 2. The quantitative estimate of drug-likeness (QED) is 0.677. The maximum absolute atomic E-state index is 12.5. The molecule has 0 saturated carbocycles. The Morgan fingerprint density at radius 3 is 2.48 bits per heavy atom. The van der Waals surface area contributed by atoms with Crippen molar-refractivity contribution in [1.82, 2.24) is 0 Å². The van der Waals surface area contributed by atoms with E-state index < -0.39 is 18.0 Å². The van der Waals surface area contributed by atoms with Crippen molar-refractivity contribution in [3.05, 3.63) is 53.6 Å². The van der Waals surface area contributed by atoms with Crippen LogP contribution >= 0.6 is 0 Å². The Hall–Kier alpha value is -2.82. The fourth-order valence-electron chi connectivity index (χ4n) is 2.33. The zero-order valence-corrected chi connectivity index (χ0v) is 13.3. The third kappa shape index (κ3) is 3.34. The number of rotatable bonds is 5. The van der Waals surface area contributed by atoms with Crippen LogP contribution in [0.2, 0.25) is 0 Å². The maximum Gasteiger partial charge on any atom is 0.349 e. The van der Waals surface area contributed by atoms with Gasteiger partial charge in [0.25, 0.3) is 0 Å². The van der Waals surface area contributed by atoms with Gasteiger partial charge in [0.1, 0.15) is 5.75 Å². The summed E-state index contributed by atoms with van der Waals surface area (Å²) in [5, 5.41) is 10.7. The van der Waals surface area contributed by atoms with Crippen molar-refractivity contribution in [1.29, 1.82) is 0 Å². The summed E-state index contributed by atoms with van der Waals surface area (Å²) < 4.78 is 10.3. The minimum Gasteiger partial charge on any atom is -0.497 e. The Labute approximate surface area is 134 Å². The number of ether oxygens (including phenoxy) is 2. The first-order valence-electron chi connectivity index (χ1n) is 7.01. The van der Waals surface area contributed by atoms with Crippen molar-refractivity contribution in [2.24, 2.45) is 0 Å². The highest BCUT2D eigenvalue weighted by molar-refractivity contribution is 6.06.